The standard InChI is InChI=1S/C15H19Cl2N3/c1-3-18-15(5-4-14-6-7-19-20(14)2)11-8-12(16)10-13(17)9-11/h6-10,15,18H,3-5H2,1-2H3. The van der Waals surface area contributed by atoms with Crippen molar-refractivity contribution >= 4 is 23.2 Å². The summed E-state index contributed by atoms with van der Waals surface area (Å²) in [5.74, 6) is 0. The maximum atomic E-state index is 6.09. The SMILES string of the molecule is CCNC(CCc1ccnn1C)c1cc(Cl)cc(Cl)c1. The number of halogens is 2. The predicted molar refractivity (Wildman–Crippen MR) is 84.4 cm³/mol. The second-order valence-corrected chi connectivity index (χ2v) is 5.67. The van der Waals surface area contributed by atoms with Crippen LogP contribution in [0.5, 0.6) is 0 Å². The molecule has 1 N–H and O–H groups in total. The van der Waals surface area contributed by atoms with Gasteiger partial charge < -0.3 is 5.32 Å². The van der Waals surface area contributed by atoms with Crippen LogP contribution in [0.2, 0.25) is 10.0 Å². The lowest BCUT2D eigenvalue weighted by molar-refractivity contribution is 0.506. The Balaban J connectivity index is 2.12. The van der Waals surface area contributed by atoms with Gasteiger partial charge in [-0.3, -0.25) is 4.68 Å². The van der Waals surface area contributed by atoms with Gasteiger partial charge in [-0.1, -0.05) is 30.1 Å². The van der Waals surface area contributed by atoms with Crippen LogP contribution in [0.25, 0.3) is 0 Å². The van der Waals surface area contributed by atoms with Gasteiger partial charge in [0.2, 0.25) is 0 Å². The van der Waals surface area contributed by atoms with Crippen LogP contribution in [0, 0.1) is 0 Å². The Bertz CT molecular complexity index is 546. The normalized spacial score (nSPS) is 12.6. The molecule has 5 heteroatoms. The molecule has 2 aromatic rings. The number of aromatic nitrogens is 2. The Morgan fingerprint density at radius 1 is 1.25 bits per heavy atom. The first-order valence-electron chi connectivity index (χ1n) is 6.76. The molecule has 0 amide bonds. The molecule has 0 fully saturated rings. The highest BCUT2D eigenvalue weighted by molar-refractivity contribution is 6.34. The number of rotatable bonds is 6. The second-order valence-electron chi connectivity index (χ2n) is 4.80. The summed E-state index contributed by atoms with van der Waals surface area (Å²) in [4.78, 5) is 0. The van der Waals surface area contributed by atoms with Gasteiger partial charge in [0.05, 0.1) is 0 Å². The first kappa shape index (κ1) is 15.4. The molecular formula is C15H19Cl2N3. The molecule has 2 rings (SSSR count). The number of hydrogen-bond acceptors (Lipinski definition) is 2. The predicted octanol–water partition coefficient (Wildman–Crippen LogP) is 4.01. The van der Waals surface area contributed by atoms with E-state index in [4.69, 9.17) is 23.2 Å². The Labute approximate surface area is 129 Å². The topological polar surface area (TPSA) is 29.9 Å². The van der Waals surface area contributed by atoms with Gasteiger partial charge in [0, 0.05) is 35.0 Å². The number of aryl methyl sites for hydroxylation is 2. The molecule has 0 bridgehead atoms. The summed E-state index contributed by atoms with van der Waals surface area (Å²) in [5.41, 5.74) is 2.35. The van der Waals surface area contributed by atoms with E-state index >= 15 is 0 Å². The van der Waals surface area contributed by atoms with Crippen LogP contribution in [0.4, 0.5) is 0 Å². The van der Waals surface area contributed by atoms with Crippen molar-refractivity contribution < 1.29 is 0 Å². The molecule has 0 aliphatic carbocycles. The van der Waals surface area contributed by atoms with Gasteiger partial charge in [-0.25, -0.2) is 0 Å². The summed E-state index contributed by atoms with van der Waals surface area (Å²) < 4.78 is 1.91. The average Bonchev–Trinajstić information content (AvgIpc) is 2.79. The van der Waals surface area contributed by atoms with Crippen molar-refractivity contribution in [2.24, 2.45) is 7.05 Å². The lowest BCUT2D eigenvalue weighted by Crippen LogP contribution is -2.21. The van der Waals surface area contributed by atoms with Crippen LogP contribution in [0.3, 0.4) is 0 Å². The van der Waals surface area contributed by atoms with Gasteiger partial charge in [-0.2, -0.15) is 5.10 Å². The lowest BCUT2D eigenvalue weighted by Gasteiger charge is -2.19. The highest BCUT2D eigenvalue weighted by atomic mass is 35.5. The third-order valence-corrected chi connectivity index (χ3v) is 3.79. The van der Waals surface area contributed by atoms with E-state index in [-0.39, 0.29) is 6.04 Å². The zero-order chi connectivity index (χ0) is 14.5. The van der Waals surface area contributed by atoms with Crippen molar-refractivity contribution in [1.29, 1.82) is 0 Å². The summed E-state index contributed by atoms with van der Waals surface area (Å²) in [6.45, 7) is 3.00. The van der Waals surface area contributed by atoms with Crippen LogP contribution in [-0.2, 0) is 13.5 Å². The highest BCUT2D eigenvalue weighted by Crippen LogP contribution is 2.26. The minimum absolute atomic E-state index is 0.242. The zero-order valence-electron chi connectivity index (χ0n) is 11.7. The fourth-order valence-corrected chi connectivity index (χ4v) is 2.89. The molecule has 1 aromatic carbocycles. The van der Waals surface area contributed by atoms with Crippen molar-refractivity contribution in [3.8, 4) is 0 Å². The van der Waals surface area contributed by atoms with E-state index in [1.54, 1.807) is 6.07 Å². The zero-order valence-corrected chi connectivity index (χ0v) is 13.2. The molecule has 0 spiro atoms. The van der Waals surface area contributed by atoms with Gasteiger partial charge in [0.1, 0.15) is 0 Å². The smallest absolute Gasteiger partial charge is 0.0492 e. The third-order valence-electron chi connectivity index (χ3n) is 3.35. The molecule has 108 valence electrons. The van der Waals surface area contributed by atoms with Gasteiger partial charge in [-0.05, 0) is 49.2 Å². The van der Waals surface area contributed by atoms with Gasteiger partial charge in [0.15, 0.2) is 0 Å². The molecule has 1 heterocycles. The molecule has 20 heavy (non-hydrogen) atoms. The largest absolute Gasteiger partial charge is 0.310 e. The van der Waals surface area contributed by atoms with Crippen LogP contribution >= 0.6 is 23.2 Å². The first-order chi connectivity index (χ1) is 9.60. The molecule has 0 saturated carbocycles. The third kappa shape index (κ3) is 3.98. The maximum Gasteiger partial charge on any atom is 0.0492 e. The molecule has 3 nitrogen and oxygen atoms in total. The summed E-state index contributed by atoms with van der Waals surface area (Å²) in [6.07, 6.45) is 3.76. The molecule has 0 radical (unpaired) electrons. The number of benzene rings is 1. The second kappa shape index (κ2) is 7.11. The molecule has 0 saturated heterocycles. The number of nitrogens with one attached hydrogen (secondary N) is 1. The Morgan fingerprint density at radius 2 is 1.95 bits per heavy atom. The van der Waals surface area contributed by atoms with E-state index in [0.29, 0.717) is 10.0 Å². The molecule has 0 aliphatic rings. The summed E-state index contributed by atoms with van der Waals surface area (Å²) in [5, 5.41) is 9.04. The maximum absolute atomic E-state index is 6.09. The van der Waals surface area contributed by atoms with Crippen molar-refractivity contribution in [1.82, 2.24) is 15.1 Å². The van der Waals surface area contributed by atoms with Crippen LogP contribution < -0.4 is 5.32 Å². The quantitative estimate of drug-likeness (QED) is 0.873. The summed E-state index contributed by atoms with van der Waals surface area (Å²) in [7, 11) is 1.97. The first-order valence-corrected chi connectivity index (χ1v) is 7.52. The van der Waals surface area contributed by atoms with Crippen LogP contribution in [0.15, 0.2) is 30.5 Å². The Hall–Kier alpha value is -1.03. The fourth-order valence-electron chi connectivity index (χ4n) is 2.35. The molecular weight excluding hydrogens is 293 g/mol. The van der Waals surface area contributed by atoms with Crippen molar-refractivity contribution in [3.05, 3.63) is 51.8 Å². The van der Waals surface area contributed by atoms with Gasteiger partial charge in [0.25, 0.3) is 0 Å². The van der Waals surface area contributed by atoms with E-state index in [0.717, 1.165) is 24.9 Å². The summed E-state index contributed by atoms with van der Waals surface area (Å²) in [6, 6.07) is 8.00. The van der Waals surface area contributed by atoms with Gasteiger partial charge in [-0.15, -0.1) is 0 Å². The van der Waals surface area contributed by atoms with Crippen LogP contribution in [0.1, 0.15) is 30.6 Å². The fraction of sp³-hybridized carbons (Fsp3) is 0.400. The van der Waals surface area contributed by atoms with E-state index in [1.807, 2.05) is 36.1 Å². The van der Waals surface area contributed by atoms with Crippen molar-refractivity contribution in [2.45, 2.75) is 25.8 Å². The molecule has 1 aromatic heterocycles. The molecule has 0 aliphatic heterocycles. The van der Waals surface area contributed by atoms with E-state index < -0.39 is 0 Å². The Morgan fingerprint density at radius 3 is 2.50 bits per heavy atom. The lowest BCUT2D eigenvalue weighted by atomic mass is 10.0. The monoisotopic (exact) mass is 311 g/mol. The minimum Gasteiger partial charge on any atom is -0.310 e. The van der Waals surface area contributed by atoms with E-state index in [2.05, 4.69) is 17.3 Å². The van der Waals surface area contributed by atoms with Crippen molar-refractivity contribution in [2.75, 3.05) is 6.54 Å². The Kier molecular flexibility index (Phi) is 5.46. The van der Waals surface area contributed by atoms with Crippen molar-refractivity contribution in [3.63, 3.8) is 0 Å². The van der Waals surface area contributed by atoms with E-state index in [9.17, 15) is 0 Å². The van der Waals surface area contributed by atoms with Crippen LogP contribution in [-0.4, -0.2) is 16.3 Å². The van der Waals surface area contributed by atoms with Gasteiger partial charge >= 0.3 is 0 Å². The highest BCUT2D eigenvalue weighted by Gasteiger charge is 2.13. The molecule has 1 unspecified atom stereocenters. The average molecular weight is 312 g/mol. The number of hydrogen-bond donors (Lipinski definition) is 1. The summed E-state index contributed by atoms with van der Waals surface area (Å²) >= 11 is 12.2. The molecule has 1 atom stereocenters. The number of nitrogens with zero attached hydrogens (tertiary/aromatic N) is 2. The van der Waals surface area contributed by atoms with E-state index in [1.165, 1.54) is 5.69 Å². The minimum atomic E-state index is 0.242.